The van der Waals surface area contributed by atoms with Crippen molar-refractivity contribution in [2.75, 3.05) is 13.1 Å². The molecule has 2 aromatic rings. The van der Waals surface area contributed by atoms with Crippen LogP contribution in [0.25, 0.3) is 0 Å². The number of halogens is 1. The second-order valence-corrected chi connectivity index (χ2v) is 6.65. The van der Waals surface area contributed by atoms with Crippen molar-refractivity contribution in [1.29, 1.82) is 0 Å². The highest BCUT2D eigenvalue weighted by Crippen LogP contribution is 2.22. The molecule has 1 saturated heterocycles. The maximum atomic E-state index is 13.0. The van der Waals surface area contributed by atoms with Crippen LogP contribution in [-0.4, -0.2) is 33.9 Å². The minimum absolute atomic E-state index is 0.0311. The predicted molar refractivity (Wildman–Crippen MR) is 92.7 cm³/mol. The van der Waals surface area contributed by atoms with Gasteiger partial charge in [0.15, 0.2) is 0 Å². The van der Waals surface area contributed by atoms with Crippen LogP contribution in [0.2, 0.25) is 0 Å². The van der Waals surface area contributed by atoms with E-state index in [1.165, 1.54) is 18.3 Å². The third-order valence-electron chi connectivity index (χ3n) is 4.75. The van der Waals surface area contributed by atoms with Crippen molar-refractivity contribution in [2.24, 2.45) is 5.92 Å². The van der Waals surface area contributed by atoms with Gasteiger partial charge < -0.3 is 9.88 Å². The summed E-state index contributed by atoms with van der Waals surface area (Å²) < 4.78 is 13.0. The molecule has 0 radical (unpaired) electrons. The smallest absolute Gasteiger partial charge is 0.254 e. The predicted octanol–water partition coefficient (Wildman–Crippen LogP) is 2.24. The SMILES string of the molecule is Cc1ncc(CC(=O)N2CCC(Cc3ccc(F)cc3)CC2)c(=O)[nH]1. The zero-order valence-electron chi connectivity index (χ0n) is 14.3. The van der Waals surface area contributed by atoms with Gasteiger partial charge in [0.25, 0.3) is 5.56 Å². The van der Waals surface area contributed by atoms with E-state index in [2.05, 4.69) is 9.97 Å². The summed E-state index contributed by atoms with van der Waals surface area (Å²) in [5, 5.41) is 0. The van der Waals surface area contributed by atoms with Gasteiger partial charge in [0.1, 0.15) is 11.6 Å². The minimum atomic E-state index is -0.243. The van der Waals surface area contributed by atoms with E-state index in [4.69, 9.17) is 0 Å². The van der Waals surface area contributed by atoms with Crippen molar-refractivity contribution in [2.45, 2.75) is 32.6 Å². The molecule has 1 fully saturated rings. The molecule has 0 bridgehead atoms. The van der Waals surface area contributed by atoms with Crippen molar-refractivity contribution < 1.29 is 9.18 Å². The first kappa shape index (κ1) is 17.3. The number of nitrogens with one attached hydrogen (secondary N) is 1. The summed E-state index contributed by atoms with van der Waals surface area (Å²) in [5.74, 6) is 0.794. The Morgan fingerprint density at radius 2 is 1.96 bits per heavy atom. The number of rotatable bonds is 4. The second kappa shape index (κ2) is 7.59. The molecule has 0 unspecified atom stereocenters. The van der Waals surface area contributed by atoms with Crippen molar-refractivity contribution in [3.63, 3.8) is 0 Å². The third kappa shape index (κ3) is 4.53. The van der Waals surface area contributed by atoms with E-state index in [-0.39, 0.29) is 23.7 Å². The summed E-state index contributed by atoms with van der Waals surface area (Å²) >= 11 is 0. The molecule has 3 rings (SSSR count). The van der Waals surface area contributed by atoms with Crippen LogP contribution in [0.5, 0.6) is 0 Å². The normalized spacial score (nSPS) is 15.4. The monoisotopic (exact) mass is 343 g/mol. The van der Waals surface area contributed by atoms with Crippen LogP contribution in [0.1, 0.15) is 29.8 Å². The Hall–Kier alpha value is -2.50. The lowest BCUT2D eigenvalue weighted by Crippen LogP contribution is -2.40. The molecule has 1 aromatic heterocycles. The molecule has 5 nitrogen and oxygen atoms in total. The van der Waals surface area contributed by atoms with Gasteiger partial charge >= 0.3 is 0 Å². The fourth-order valence-electron chi connectivity index (χ4n) is 3.25. The largest absolute Gasteiger partial charge is 0.342 e. The standard InChI is InChI=1S/C19H22FN3O2/c1-13-21-12-16(19(25)22-13)11-18(24)23-8-6-15(7-9-23)10-14-2-4-17(20)5-3-14/h2-5,12,15H,6-11H2,1H3,(H,21,22,25). The van der Waals surface area contributed by atoms with Gasteiger partial charge in [-0.05, 0) is 49.8 Å². The van der Waals surface area contributed by atoms with Gasteiger partial charge in [-0.25, -0.2) is 9.37 Å². The van der Waals surface area contributed by atoms with Gasteiger partial charge in [-0.3, -0.25) is 9.59 Å². The van der Waals surface area contributed by atoms with Crippen LogP contribution in [0.4, 0.5) is 4.39 Å². The van der Waals surface area contributed by atoms with Crippen LogP contribution < -0.4 is 5.56 Å². The van der Waals surface area contributed by atoms with Gasteiger partial charge in [0.05, 0.1) is 6.42 Å². The Morgan fingerprint density at radius 3 is 2.60 bits per heavy atom. The van der Waals surface area contributed by atoms with Crippen LogP contribution in [0, 0.1) is 18.7 Å². The van der Waals surface area contributed by atoms with Crippen molar-refractivity contribution >= 4 is 5.91 Å². The van der Waals surface area contributed by atoms with E-state index >= 15 is 0 Å². The lowest BCUT2D eigenvalue weighted by atomic mass is 9.90. The van der Waals surface area contributed by atoms with Gasteiger partial charge in [0, 0.05) is 24.8 Å². The molecule has 6 heteroatoms. The number of hydrogen-bond acceptors (Lipinski definition) is 3. The van der Waals surface area contributed by atoms with E-state index in [9.17, 15) is 14.0 Å². The first-order valence-electron chi connectivity index (χ1n) is 8.58. The number of likely N-dealkylation sites (tertiary alicyclic amines) is 1. The zero-order valence-corrected chi connectivity index (χ0v) is 14.3. The molecule has 0 atom stereocenters. The summed E-state index contributed by atoms with van der Waals surface area (Å²) in [6.07, 6.45) is 4.32. The van der Waals surface area contributed by atoms with Crippen LogP contribution >= 0.6 is 0 Å². The topological polar surface area (TPSA) is 66.1 Å². The molecular weight excluding hydrogens is 321 g/mol. The molecule has 25 heavy (non-hydrogen) atoms. The maximum absolute atomic E-state index is 13.0. The maximum Gasteiger partial charge on any atom is 0.254 e. The average molecular weight is 343 g/mol. The van der Waals surface area contributed by atoms with Crippen LogP contribution in [0.15, 0.2) is 35.3 Å². The Labute approximate surface area is 145 Å². The van der Waals surface area contributed by atoms with E-state index in [1.807, 2.05) is 17.0 Å². The fourth-order valence-corrected chi connectivity index (χ4v) is 3.25. The molecule has 1 amide bonds. The molecule has 2 heterocycles. The Balaban J connectivity index is 1.52. The Bertz CT molecular complexity index is 793. The lowest BCUT2D eigenvalue weighted by Gasteiger charge is -2.32. The molecule has 132 valence electrons. The van der Waals surface area contributed by atoms with Crippen molar-refractivity contribution in [1.82, 2.24) is 14.9 Å². The highest BCUT2D eigenvalue weighted by Gasteiger charge is 2.23. The molecule has 0 aliphatic carbocycles. The first-order valence-corrected chi connectivity index (χ1v) is 8.58. The Morgan fingerprint density at radius 1 is 1.28 bits per heavy atom. The number of benzene rings is 1. The van der Waals surface area contributed by atoms with E-state index in [0.29, 0.717) is 30.4 Å². The van der Waals surface area contributed by atoms with E-state index in [0.717, 1.165) is 24.8 Å². The first-order chi connectivity index (χ1) is 12.0. The Kier molecular flexibility index (Phi) is 5.26. The third-order valence-corrected chi connectivity index (χ3v) is 4.75. The molecule has 1 N–H and O–H groups in total. The average Bonchev–Trinajstić information content (AvgIpc) is 2.60. The fraction of sp³-hybridized carbons (Fsp3) is 0.421. The van der Waals surface area contributed by atoms with Gasteiger partial charge in [0.2, 0.25) is 5.91 Å². The lowest BCUT2D eigenvalue weighted by molar-refractivity contribution is -0.131. The summed E-state index contributed by atoms with van der Waals surface area (Å²) in [6, 6.07) is 6.62. The molecule has 1 aliphatic rings. The molecule has 1 aromatic carbocycles. The number of nitrogens with zero attached hydrogens (tertiary/aromatic N) is 2. The second-order valence-electron chi connectivity index (χ2n) is 6.65. The summed E-state index contributed by atoms with van der Waals surface area (Å²) in [4.78, 5) is 32.7. The summed E-state index contributed by atoms with van der Waals surface area (Å²) in [7, 11) is 0. The number of hydrogen-bond donors (Lipinski definition) is 1. The number of carbonyl (C=O) groups excluding carboxylic acids is 1. The number of aryl methyl sites for hydroxylation is 1. The molecular formula is C19H22FN3O2. The van der Waals surface area contributed by atoms with Gasteiger partial charge in [-0.1, -0.05) is 12.1 Å². The van der Waals surface area contributed by atoms with Crippen molar-refractivity contribution in [3.8, 4) is 0 Å². The van der Waals surface area contributed by atoms with Gasteiger partial charge in [-0.15, -0.1) is 0 Å². The number of carbonyl (C=O) groups is 1. The van der Waals surface area contributed by atoms with Crippen LogP contribution in [0.3, 0.4) is 0 Å². The zero-order chi connectivity index (χ0) is 17.8. The number of H-pyrrole nitrogens is 1. The molecule has 0 spiro atoms. The van der Waals surface area contributed by atoms with Crippen molar-refractivity contribution in [3.05, 3.63) is 63.6 Å². The number of aromatic nitrogens is 2. The number of aromatic amines is 1. The van der Waals surface area contributed by atoms with Crippen LogP contribution in [-0.2, 0) is 17.6 Å². The van der Waals surface area contributed by atoms with Gasteiger partial charge in [-0.2, -0.15) is 0 Å². The minimum Gasteiger partial charge on any atom is -0.342 e. The number of piperidine rings is 1. The van der Waals surface area contributed by atoms with E-state index < -0.39 is 0 Å². The number of amides is 1. The molecule has 0 saturated carbocycles. The summed E-state index contributed by atoms with van der Waals surface area (Å²) in [6.45, 7) is 3.10. The highest BCUT2D eigenvalue weighted by molar-refractivity contribution is 5.78. The highest BCUT2D eigenvalue weighted by atomic mass is 19.1. The molecule has 1 aliphatic heterocycles. The van der Waals surface area contributed by atoms with E-state index in [1.54, 1.807) is 6.92 Å². The summed E-state index contributed by atoms with van der Waals surface area (Å²) in [5.41, 5.74) is 1.29. The quantitative estimate of drug-likeness (QED) is 0.926.